The summed E-state index contributed by atoms with van der Waals surface area (Å²) in [7, 11) is 0. The highest BCUT2D eigenvalue weighted by Crippen LogP contribution is 2.25. The summed E-state index contributed by atoms with van der Waals surface area (Å²) >= 11 is 0. The molecule has 2 aromatic carbocycles. The van der Waals surface area contributed by atoms with Crippen molar-refractivity contribution in [3.8, 4) is 11.5 Å². The van der Waals surface area contributed by atoms with E-state index in [9.17, 15) is 60.7 Å². The van der Waals surface area contributed by atoms with Crippen LogP contribution in [0.2, 0.25) is 0 Å². The number of hydrogen-bond donors (Lipinski definition) is 12. The lowest BCUT2D eigenvalue weighted by molar-refractivity contribution is -1.00. The largest absolute Gasteiger partial charge is 0.507 e. The molecule has 0 heterocycles. The topological polar surface area (TPSA) is 245 Å². The lowest BCUT2D eigenvalue weighted by Gasteiger charge is -2.36. The van der Waals surface area contributed by atoms with Gasteiger partial charge >= 0.3 is 11.9 Å². The van der Waals surface area contributed by atoms with Crippen molar-refractivity contribution in [1.29, 1.82) is 0 Å². The Balaban J connectivity index is 2.59. The maximum absolute atomic E-state index is 11.8. The van der Waals surface area contributed by atoms with Gasteiger partial charge in [-0.1, -0.05) is 12.1 Å². The fraction of sp³-hybridized carbons (Fsp3) is 0.462. The number of aromatic hydroxyl groups is 2. The zero-order chi connectivity index (χ0) is 30.0. The van der Waals surface area contributed by atoms with Crippen LogP contribution >= 0.6 is 0 Å². The number of quaternary nitrogens is 2. The maximum atomic E-state index is 11.8. The molecule has 0 saturated carbocycles. The normalized spacial score (nSPS) is 14.4. The number of aliphatic hydroxyl groups is 6. The zero-order valence-corrected chi connectivity index (χ0v) is 21.8. The van der Waals surface area contributed by atoms with Crippen LogP contribution in [0.5, 0.6) is 11.5 Å². The molecule has 12 N–H and O–H groups in total. The molecule has 0 aliphatic rings. The van der Waals surface area contributed by atoms with Crippen LogP contribution in [0.25, 0.3) is 0 Å². The molecule has 0 amide bonds. The van der Waals surface area contributed by atoms with Gasteiger partial charge in [0.2, 0.25) is 0 Å². The van der Waals surface area contributed by atoms with Gasteiger partial charge < -0.3 is 60.9 Å². The van der Waals surface area contributed by atoms with E-state index in [4.69, 9.17) is 0 Å². The van der Waals surface area contributed by atoms with Crippen molar-refractivity contribution in [3.05, 3.63) is 57.6 Å². The molecular formula is C26H38N2O12+2. The second-order valence-corrected chi connectivity index (χ2v) is 9.48. The number of hydrogen-bond acceptors (Lipinski definition) is 10. The van der Waals surface area contributed by atoms with Crippen LogP contribution in [0.15, 0.2) is 24.3 Å². The molecule has 0 radical (unpaired) electrons. The standard InChI is InChI=1S/C26H36N2O12/c29-9-15-3-17(11-31)18(24(36)4-15)5-27(7-25(37)38)21(13-33)22(14-34)28(8-26(39)40)6-19-20(12-32)16(10-30)1-2-23(19)35/h1-4,21-22,29-36H,5-14H2,(H,37,38)(H,39,40)/p+2/t21-,22?/m1/s1. The van der Waals surface area contributed by atoms with E-state index in [0.29, 0.717) is 11.1 Å². The zero-order valence-electron chi connectivity index (χ0n) is 21.8. The Morgan fingerprint density at radius 3 is 1.57 bits per heavy atom. The lowest BCUT2D eigenvalue weighted by atomic mass is 9.97. The lowest BCUT2D eigenvalue weighted by Crippen LogP contribution is -3.26. The van der Waals surface area contributed by atoms with Crippen LogP contribution in [0, 0.1) is 0 Å². The molecule has 40 heavy (non-hydrogen) atoms. The Bertz CT molecular complexity index is 1160. The molecule has 0 bridgehead atoms. The summed E-state index contributed by atoms with van der Waals surface area (Å²) in [6.07, 6.45) is 0. The first-order valence-corrected chi connectivity index (χ1v) is 12.5. The van der Waals surface area contributed by atoms with Gasteiger partial charge in [-0.3, -0.25) is 0 Å². The third-order valence-corrected chi connectivity index (χ3v) is 7.06. The minimum atomic E-state index is -1.30. The average molecular weight is 571 g/mol. The van der Waals surface area contributed by atoms with Gasteiger partial charge in [-0.15, -0.1) is 0 Å². The van der Waals surface area contributed by atoms with Gasteiger partial charge in [0.1, 0.15) is 37.8 Å². The van der Waals surface area contributed by atoms with Crippen molar-refractivity contribution >= 4 is 11.9 Å². The Morgan fingerprint density at radius 2 is 1.15 bits per heavy atom. The van der Waals surface area contributed by atoms with E-state index in [2.05, 4.69) is 0 Å². The molecule has 3 unspecified atom stereocenters. The van der Waals surface area contributed by atoms with Crippen LogP contribution in [-0.2, 0) is 49.1 Å². The van der Waals surface area contributed by atoms with E-state index in [1.807, 2.05) is 0 Å². The third kappa shape index (κ3) is 8.09. The molecule has 14 nitrogen and oxygen atoms in total. The molecule has 2 aromatic rings. The van der Waals surface area contributed by atoms with Gasteiger partial charge in [0, 0.05) is 0 Å². The number of carboxylic acids is 2. The minimum Gasteiger partial charge on any atom is -0.507 e. The number of carboxylic acid groups (broad SMARTS) is 2. The van der Waals surface area contributed by atoms with Gasteiger partial charge in [-0.2, -0.15) is 0 Å². The van der Waals surface area contributed by atoms with E-state index in [0.717, 1.165) is 0 Å². The Labute approximate surface area is 229 Å². The number of nitrogens with one attached hydrogen (secondary N) is 2. The van der Waals surface area contributed by atoms with Gasteiger partial charge in [0.25, 0.3) is 0 Å². The highest BCUT2D eigenvalue weighted by molar-refractivity contribution is 5.68. The van der Waals surface area contributed by atoms with E-state index >= 15 is 0 Å². The highest BCUT2D eigenvalue weighted by atomic mass is 16.4. The van der Waals surface area contributed by atoms with Crippen molar-refractivity contribution in [2.45, 2.75) is 51.6 Å². The van der Waals surface area contributed by atoms with Crippen LogP contribution in [0.1, 0.15) is 33.4 Å². The summed E-state index contributed by atoms with van der Waals surface area (Å²) in [5.41, 5.74) is 1.22. The first-order chi connectivity index (χ1) is 19.0. The fourth-order valence-electron chi connectivity index (χ4n) is 5.06. The molecule has 0 aliphatic heterocycles. The summed E-state index contributed by atoms with van der Waals surface area (Å²) in [4.78, 5) is 23.9. The Hall–Kier alpha value is -3.34. The molecule has 0 spiro atoms. The average Bonchev–Trinajstić information content (AvgIpc) is 2.91. The summed E-state index contributed by atoms with van der Waals surface area (Å²) in [6, 6.07) is 3.09. The predicted octanol–water partition coefficient (Wildman–Crippen LogP) is -4.57. The minimum absolute atomic E-state index is 0.110. The van der Waals surface area contributed by atoms with Crippen molar-refractivity contribution in [2.24, 2.45) is 0 Å². The van der Waals surface area contributed by atoms with Crippen LogP contribution in [0.4, 0.5) is 0 Å². The molecule has 0 aliphatic carbocycles. The monoisotopic (exact) mass is 570 g/mol. The quantitative estimate of drug-likeness (QED) is 0.0860. The van der Waals surface area contributed by atoms with E-state index in [1.54, 1.807) is 0 Å². The maximum Gasteiger partial charge on any atom is 0.359 e. The molecule has 4 atom stereocenters. The van der Waals surface area contributed by atoms with Crippen molar-refractivity contribution in [3.63, 3.8) is 0 Å². The van der Waals surface area contributed by atoms with Gasteiger partial charge in [0.05, 0.1) is 37.6 Å². The number of aliphatic hydroxyl groups excluding tert-OH is 6. The van der Waals surface area contributed by atoms with Gasteiger partial charge in [-0.05, 0) is 34.4 Å². The van der Waals surface area contributed by atoms with Gasteiger partial charge in [0.15, 0.2) is 25.2 Å². The summed E-state index contributed by atoms with van der Waals surface area (Å²) in [5.74, 6) is -3.22. The smallest absolute Gasteiger partial charge is 0.359 e. The molecule has 0 saturated heterocycles. The highest BCUT2D eigenvalue weighted by Gasteiger charge is 2.41. The molecule has 0 fully saturated rings. The van der Waals surface area contributed by atoms with Crippen molar-refractivity contribution < 1.29 is 70.5 Å². The van der Waals surface area contributed by atoms with E-state index < -0.39 is 76.8 Å². The summed E-state index contributed by atoms with van der Waals surface area (Å²) < 4.78 is 0. The van der Waals surface area contributed by atoms with E-state index in [-0.39, 0.29) is 56.6 Å². The number of rotatable bonds is 17. The fourth-order valence-corrected chi connectivity index (χ4v) is 5.06. The number of phenols is 2. The first-order valence-electron chi connectivity index (χ1n) is 12.5. The van der Waals surface area contributed by atoms with E-state index in [1.165, 1.54) is 24.3 Å². The number of benzene rings is 2. The van der Waals surface area contributed by atoms with Crippen LogP contribution in [-0.4, -0.2) is 101 Å². The second kappa shape index (κ2) is 15.4. The second-order valence-electron chi connectivity index (χ2n) is 9.48. The van der Waals surface area contributed by atoms with Gasteiger partial charge in [-0.25, -0.2) is 9.59 Å². The third-order valence-electron chi connectivity index (χ3n) is 7.06. The first kappa shape index (κ1) is 32.9. The molecule has 14 heteroatoms. The predicted molar refractivity (Wildman–Crippen MR) is 136 cm³/mol. The van der Waals surface area contributed by atoms with Crippen molar-refractivity contribution in [2.75, 3.05) is 26.3 Å². The number of carbonyl (C=O) groups is 2. The molecule has 2 rings (SSSR count). The SMILES string of the molecule is O=C(O)C[NH+](Cc1c(O)ccc(CO)c1CO)C(CO)[C@@H](CO)[NH+](CC(=O)O)Cc1c(O)cc(CO)cc1CO. The number of aliphatic carboxylic acids is 2. The summed E-state index contributed by atoms with van der Waals surface area (Å²) in [5, 5.41) is 99.9. The molecule has 0 aromatic heterocycles. The summed E-state index contributed by atoms with van der Waals surface area (Å²) in [6.45, 7) is -5.24. The Kier molecular flexibility index (Phi) is 12.7. The number of phenolic OH excluding ortho intramolecular Hbond substituents is 2. The Morgan fingerprint density at radius 1 is 0.625 bits per heavy atom. The van der Waals surface area contributed by atoms with Crippen LogP contribution < -0.4 is 9.80 Å². The molecular weight excluding hydrogens is 532 g/mol. The van der Waals surface area contributed by atoms with Crippen molar-refractivity contribution in [1.82, 2.24) is 0 Å². The molecule has 222 valence electrons. The van der Waals surface area contributed by atoms with Crippen LogP contribution in [0.3, 0.4) is 0 Å².